The van der Waals surface area contributed by atoms with E-state index in [2.05, 4.69) is 4.98 Å². The number of aromatic nitrogens is 1. The van der Waals surface area contributed by atoms with E-state index in [1.165, 1.54) is 6.07 Å². The molecule has 1 aromatic rings. The second kappa shape index (κ2) is 2.70. The summed E-state index contributed by atoms with van der Waals surface area (Å²) in [5.74, 6) is 0. The standard InChI is InChI=1S/C9H9F3N2/c10-9(11,12)6-1-2-7(14-5-6)8(13)3-4-8/h1-2,5H,3-4,13H2. The Labute approximate surface area is 78.9 Å². The van der Waals surface area contributed by atoms with Gasteiger partial charge in [-0.05, 0) is 25.0 Å². The number of hydrogen-bond donors (Lipinski definition) is 1. The molecule has 2 nitrogen and oxygen atoms in total. The highest BCUT2D eigenvalue weighted by atomic mass is 19.4. The number of alkyl halides is 3. The van der Waals surface area contributed by atoms with E-state index in [0.29, 0.717) is 5.69 Å². The SMILES string of the molecule is NC1(c2ccc(C(F)(F)F)cn2)CC1. The summed E-state index contributed by atoms with van der Waals surface area (Å²) in [6, 6.07) is 2.38. The number of nitrogens with two attached hydrogens (primary N) is 1. The highest BCUT2D eigenvalue weighted by molar-refractivity contribution is 5.25. The summed E-state index contributed by atoms with van der Waals surface area (Å²) in [5.41, 5.74) is 5.13. The van der Waals surface area contributed by atoms with Crippen LogP contribution in [-0.2, 0) is 11.7 Å². The van der Waals surface area contributed by atoms with Gasteiger partial charge in [-0.1, -0.05) is 0 Å². The predicted octanol–water partition coefficient (Wildman–Crippen LogP) is 2.05. The number of nitrogens with zero attached hydrogens (tertiary/aromatic N) is 1. The number of halogens is 3. The molecule has 1 saturated carbocycles. The van der Waals surface area contributed by atoms with Gasteiger partial charge in [0.15, 0.2) is 0 Å². The van der Waals surface area contributed by atoms with Gasteiger partial charge in [0, 0.05) is 6.20 Å². The van der Waals surface area contributed by atoms with Crippen molar-refractivity contribution >= 4 is 0 Å². The zero-order valence-corrected chi connectivity index (χ0v) is 7.30. The fraction of sp³-hybridized carbons (Fsp3) is 0.444. The molecule has 0 bridgehead atoms. The molecule has 1 fully saturated rings. The van der Waals surface area contributed by atoms with Gasteiger partial charge in [0.25, 0.3) is 0 Å². The van der Waals surface area contributed by atoms with Crippen LogP contribution in [0.15, 0.2) is 18.3 Å². The average Bonchev–Trinajstić information content (AvgIpc) is 2.84. The first-order valence-corrected chi connectivity index (χ1v) is 4.24. The smallest absolute Gasteiger partial charge is 0.320 e. The van der Waals surface area contributed by atoms with Gasteiger partial charge < -0.3 is 5.73 Å². The highest BCUT2D eigenvalue weighted by Crippen LogP contribution is 2.42. The Bertz CT molecular complexity index is 314. The van der Waals surface area contributed by atoms with Gasteiger partial charge in [-0.15, -0.1) is 0 Å². The zero-order chi connectivity index (χ0) is 10.4. The Balaban J connectivity index is 2.27. The van der Waals surface area contributed by atoms with Crippen LogP contribution in [0.2, 0.25) is 0 Å². The summed E-state index contributed by atoms with van der Waals surface area (Å²) in [4.78, 5) is 3.73. The minimum atomic E-state index is -4.32. The van der Waals surface area contributed by atoms with Gasteiger partial charge in [-0.25, -0.2) is 0 Å². The van der Waals surface area contributed by atoms with Crippen LogP contribution in [0.3, 0.4) is 0 Å². The largest absolute Gasteiger partial charge is 0.417 e. The monoisotopic (exact) mass is 202 g/mol. The van der Waals surface area contributed by atoms with Crippen molar-refractivity contribution in [1.29, 1.82) is 0 Å². The lowest BCUT2D eigenvalue weighted by Crippen LogP contribution is -2.20. The third-order valence-electron chi connectivity index (χ3n) is 2.39. The Hall–Kier alpha value is -1.10. The van der Waals surface area contributed by atoms with Crippen LogP contribution < -0.4 is 5.73 Å². The van der Waals surface area contributed by atoms with E-state index in [1.54, 1.807) is 0 Å². The molecule has 0 spiro atoms. The minimum absolute atomic E-state index is 0.468. The molecule has 76 valence electrons. The lowest BCUT2D eigenvalue weighted by Gasteiger charge is -2.10. The van der Waals surface area contributed by atoms with E-state index in [0.717, 1.165) is 25.1 Å². The summed E-state index contributed by atoms with van der Waals surface area (Å²) in [6.45, 7) is 0. The first-order valence-electron chi connectivity index (χ1n) is 4.24. The molecule has 0 amide bonds. The minimum Gasteiger partial charge on any atom is -0.320 e. The third-order valence-corrected chi connectivity index (χ3v) is 2.39. The van der Waals surface area contributed by atoms with Crippen LogP contribution in [0.25, 0.3) is 0 Å². The second-order valence-electron chi connectivity index (χ2n) is 3.59. The van der Waals surface area contributed by atoms with Crippen molar-refractivity contribution in [3.63, 3.8) is 0 Å². The molecule has 0 saturated heterocycles. The van der Waals surface area contributed by atoms with E-state index < -0.39 is 17.3 Å². The lowest BCUT2D eigenvalue weighted by molar-refractivity contribution is -0.137. The van der Waals surface area contributed by atoms with Crippen LogP contribution >= 0.6 is 0 Å². The maximum atomic E-state index is 12.2. The van der Waals surface area contributed by atoms with Crippen LogP contribution in [0.4, 0.5) is 13.2 Å². The van der Waals surface area contributed by atoms with Gasteiger partial charge in [0.1, 0.15) is 0 Å². The molecule has 0 aromatic carbocycles. The van der Waals surface area contributed by atoms with Crippen molar-refractivity contribution < 1.29 is 13.2 Å². The van der Waals surface area contributed by atoms with E-state index in [4.69, 9.17) is 5.73 Å². The first-order chi connectivity index (χ1) is 6.42. The van der Waals surface area contributed by atoms with E-state index >= 15 is 0 Å². The number of rotatable bonds is 1. The molecular formula is C9H9F3N2. The summed E-state index contributed by atoms with van der Waals surface area (Å²) in [6.07, 6.45) is -1.89. The molecule has 2 N–H and O–H groups in total. The summed E-state index contributed by atoms with van der Waals surface area (Å²) in [5, 5.41) is 0. The molecule has 0 atom stereocenters. The van der Waals surface area contributed by atoms with Gasteiger partial charge >= 0.3 is 6.18 Å². The molecule has 0 radical (unpaired) electrons. The third kappa shape index (κ3) is 1.59. The normalized spacial score (nSPS) is 19.4. The Kier molecular flexibility index (Phi) is 1.82. The predicted molar refractivity (Wildman–Crippen MR) is 44.3 cm³/mol. The summed E-state index contributed by atoms with van der Waals surface area (Å²) in [7, 11) is 0. The van der Waals surface area contributed by atoms with Gasteiger partial charge in [-0.3, -0.25) is 4.98 Å². The molecule has 1 aliphatic carbocycles. The van der Waals surface area contributed by atoms with Crippen molar-refractivity contribution in [3.05, 3.63) is 29.6 Å². The maximum absolute atomic E-state index is 12.2. The van der Waals surface area contributed by atoms with Crippen molar-refractivity contribution in [2.75, 3.05) is 0 Å². The van der Waals surface area contributed by atoms with Crippen LogP contribution in [0.1, 0.15) is 24.1 Å². The maximum Gasteiger partial charge on any atom is 0.417 e. The van der Waals surface area contributed by atoms with E-state index in [9.17, 15) is 13.2 Å². The second-order valence-corrected chi connectivity index (χ2v) is 3.59. The van der Waals surface area contributed by atoms with E-state index in [1.807, 2.05) is 0 Å². The summed E-state index contributed by atoms with van der Waals surface area (Å²) < 4.78 is 36.5. The number of pyridine rings is 1. The van der Waals surface area contributed by atoms with Gasteiger partial charge in [-0.2, -0.15) is 13.2 Å². The molecule has 2 rings (SSSR count). The quantitative estimate of drug-likeness (QED) is 0.756. The fourth-order valence-corrected chi connectivity index (χ4v) is 1.25. The van der Waals surface area contributed by atoms with Crippen molar-refractivity contribution in [2.45, 2.75) is 24.6 Å². The number of hydrogen-bond acceptors (Lipinski definition) is 2. The van der Waals surface area contributed by atoms with Crippen LogP contribution in [-0.4, -0.2) is 4.98 Å². The molecular weight excluding hydrogens is 193 g/mol. The van der Waals surface area contributed by atoms with Crippen molar-refractivity contribution in [1.82, 2.24) is 4.98 Å². The summed E-state index contributed by atoms with van der Waals surface area (Å²) >= 11 is 0. The molecule has 5 heteroatoms. The van der Waals surface area contributed by atoms with Gasteiger partial charge in [0.2, 0.25) is 0 Å². The van der Waals surface area contributed by atoms with Crippen molar-refractivity contribution in [3.8, 4) is 0 Å². The molecule has 0 unspecified atom stereocenters. The highest BCUT2D eigenvalue weighted by Gasteiger charge is 2.42. The molecule has 0 aliphatic heterocycles. The lowest BCUT2D eigenvalue weighted by atomic mass is 10.1. The van der Waals surface area contributed by atoms with Crippen molar-refractivity contribution in [2.24, 2.45) is 5.73 Å². The Morgan fingerprint density at radius 2 is 1.93 bits per heavy atom. The topological polar surface area (TPSA) is 38.9 Å². The first kappa shape index (κ1) is 9.45. The van der Waals surface area contributed by atoms with E-state index in [-0.39, 0.29) is 0 Å². The Morgan fingerprint density at radius 3 is 2.29 bits per heavy atom. The van der Waals surface area contributed by atoms with Crippen LogP contribution in [0.5, 0.6) is 0 Å². The fourth-order valence-electron chi connectivity index (χ4n) is 1.25. The average molecular weight is 202 g/mol. The zero-order valence-electron chi connectivity index (χ0n) is 7.30. The molecule has 1 heterocycles. The molecule has 1 aromatic heterocycles. The Morgan fingerprint density at radius 1 is 1.29 bits per heavy atom. The van der Waals surface area contributed by atoms with Crippen LogP contribution in [0, 0.1) is 0 Å². The molecule has 1 aliphatic rings. The molecule has 14 heavy (non-hydrogen) atoms. The van der Waals surface area contributed by atoms with Gasteiger partial charge in [0.05, 0.1) is 16.8 Å².